The van der Waals surface area contributed by atoms with Crippen molar-refractivity contribution in [2.75, 3.05) is 13.2 Å². The lowest BCUT2D eigenvalue weighted by Crippen LogP contribution is -2.09. The molecule has 0 amide bonds. The van der Waals surface area contributed by atoms with Crippen molar-refractivity contribution >= 4 is 16.6 Å². The Morgan fingerprint density at radius 1 is 1.00 bits per heavy atom. The van der Waals surface area contributed by atoms with E-state index in [1.165, 1.54) is 12.1 Å². The first-order chi connectivity index (χ1) is 11.2. The van der Waals surface area contributed by atoms with Crippen molar-refractivity contribution in [1.29, 1.82) is 0 Å². The zero-order valence-electron chi connectivity index (χ0n) is 12.2. The molecule has 0 aliphatic rings. The molecule has 0 spiro atoms. The third-order valence-corrected chi connectivity index (χ3v) is 3.23. The van der Waals surface area contributed by atoms with Gasteiger partial charge in [0.05, 0.1) is 11.0 Å². The molecule has 1 heterocycles. The molecule has 2 aromatic carbocycles. The number of fused-ring (bicyclic) bond motifs is 1. The fourth-order valence-corrected chi connectivity index (χ4v) is 2.19. The summed E-state index contributed by atoms with van der Waals surface area (Å²) in [5.74, 6) is 1.13. The van der Waals surface area contributed by atoms with Crippen LogP contribution in [0.15, 0.2) is 60.8 Å². The third-order valence-electron chi connectivity index (χ3n) is 3.23. The molecule has 0 bridgehead atoms. The van der Waals surface area contributed by atoms with E-state index in [1.54, 1.807) is 18.3 Å². The summed E-state index contributed by atoms with van der Waals surface area (Å²) in [6.45, 7) is 0.600. The highest BCUT2D eigenvalue weighted by Gasteiger charge is 2.06. The molecule has 0 unspecified atom stereocenters. The van der Waals surface area contributed by atoms with Crippen molar-refractivity contribution < 1.29 is 14.4 Å². The predicted octanol–water partition coefficient (Wildman–Crippen LogP) is 3.60. The lowest BCUT2D eigenvalue weighted by Gasteiger charge is -2.09. The van der Waals surface area contributed by atoms with Gasteiger partial charge in [0.15, 0.2) is 0 Å². The van der Waals surface area contributed by atoms with Gasteiger partial charge in [-0.1, -0.05) is 24.3 Å². The molecule has 3 rings (SSSR count). The van der Waals surface area contributed by atoms with Crippen molar-refractivity contribution in [2.45, 2.75) is 0 Å². The van der Waals surface area contributed by atoms with E-state index < -0.39 is 4.92 Å². The summed E-state index contributed by atoms with van der Waals surface area (Å²) in [6, 6.07) is 15.6. The molecule has 0 aliphatic heterocycles. The molecule has 116 valence electrons. The van der Waals surface area contributed by atoms with Crippen molar-refractivity contribution in [3.05, 3.63) is 70.9 Å². The van der Waals surface area contributed by atoms with Gasteiger partial charge in [-0.3, -0.25) is 15.1 Å². The molecule has 1 aromatic heterocycles. The van der Waals surface area contributed by atoms with Gasteiger partial charge in [0, 0.05) is 17.6 Å². The van der Waals surface area contributed by atoms with E-state index in [9.17, 15) is 10.1 Å². The minimum Gasteiger partial charge on any atom is -0.490 e. The van der Waals surface area contributed by atoms with Crippen molar-refractivity contribution in [3.63, 3.8) is 0 Å². The standard InChI is InChI=1S/C17H14N2O4/c20-19(21)14-6-2-7-15(12-14)22-10-11-23-16-8-1-4-13-5-3-9-18-17(13)16/h1-9,12H,10-11H2. The van der Waals surface area contributed by atoms with Crippen LogP contribution in [0.1, 0.15) is 0 Å². The molecule has 0 aliphatic carbocycles. The Morgan fingerprint density at radius 3 is 2.65 bits per heavy atom. The maximum atomic E-state index is 10.7. The number of nitro groups is 1. The predicted molar refractivity (Wildman–Crippen MR) is 85.8 cm³/mol. The molecule has 0 saturated carbocycles. The number of aromatic nitrogens is 1. The van der Waals surface area contributed by atoms with Crippen molar-refractivity contribution in [2.24, 2.45) is 0 Å². The van der Waals surface area contributed by atoms with E-state index in [-0.39, 0.29) is 12.3 Å². The second-order valence-electron chi connectivity index (χ2n) is 4.78. The van der Waals surface area contributed by atoms with Crippen LogP contribution in [0.2, 0.25) is 0 Å². The van der Waals surface area contributed by atoms with Gasteiger partial charge in [-0.2, -0.15) is 0 Å². The minimum absolute atomic E-state index is 0.00155. The van der Waals surface area contributed by atoms with Gasteiger partial charge in [-0.15, -0.1) is 0 Å². The molecule has 6 nitrogen and oxygen atoms in total. The van der Waals surface area contributed by atoms with Gasteiger partial charge in [-0.25, -0.2) is 0 Å². The van der Waals surface area contributed by atoms with Gasteiger partial charge >= 0.3 is 0 Å². The van der Waals surface area contributed by atoms with Gasteiger partial charge in [0.2, 0.25) is 0 Å². The maximum absolute atomic E-state index is 10.7. The van der Waals surface area contributed by atoms with Crippen LogP contribution < -0.4 is 9.47 Å². The fourth-order valence-electron chi connectivity index (χ4n) is 2.19. The Bertz CT molecular complexity index is 830. The van der Waals surface area contributed by atoms with Gasteiger partial charge in [-0.05, 0) is 18.2 Å². The average Bonchev–Trinajstić information content (AvgIpc) is 2.59. The maximum Gasteiger partial charge on any atom is 0.273 e. The highest BCUT2D eigenvalue weighted by Crippen LogP contribution is 2.23. The molecule has 0 saturated heterocycles. The largest absolute Gasteiger partial charge is 0.490 e. The zero-order valence-corrected chi connectivity index (χ0v) is 12.2. The van der Waals surface area contributed by atoms with Crippen LogP contribution in [0.4, 0.5) is 5.69 Å². The van der Waals surface area contributed by atoms with E-state index in [2.05, 4.69) is 4.98 Å². The van der Waals surface area contributed by atoms with Crippen LogP contribution in [0.5, 0.6) is 11.5 Å². The summed E-state index contributed by atoms with van der Waals surface area (Å²) in [5.41, 5.74) is 0.798. The summed E-state index contributed by atoms with van der Waals surface area (Å²) < 4.78 is 11.2. The normalized spacial score (nSPS) is 10.4. The number of ether oxygens (including phenoxy) is 2. The van der Waals surface area contributed by atoms with E-state index in [0.717, 1.165) is 10.9 Å². The van der Waals surface area contributed by atoms with Crippen LogP contribution in [-0.4, -0.2) is 23.1 Å². The molecule has 6 heteroatoms. The van der Waals surface area contributed by atoms with Gasteiger partial charge in [0.25, 0.3) is 5.69 Å². The number of para-hydroxylation sites is 1. The van der Waals surface area contributed by atoms with E-state index in [4.69, 9.17) is 9.47 Å². The summed E-state index contributed by atoms with van der Waals surface area (Å²) in [4.78, 5) is 14.6. The molecular formula is C17H14N2O4. The molecule has 0 fully saturated rings. The number of rotatable bonds is 6. The van der Waals surface area contributed by atoms with Gasteiger partial charge < -0.3 is 9.47 Å². The van der Waals surface area contributed by atoms with Crippen molar-refractivity contribution in [3.8, 4) is 11.5 Å². The highest BCUT2D eigenvalue weighted by atomic mass is 16.6. The second-order valence-corrected chi connectivity index (χ2v) is 4.78. The number of hydrogen-bond acceptors (Lipinski definition) is 5. The lowest BCUT2D eigenvalue weighted by atomic mass is 10.2. The quantitative estimate of drug-likeness (QED) is 0.395. The zero-order chi connectivity index (χ0) is 16.1. The Labute approximate surface area is 132 Å². The molecule has 23 heavy (non-hydrogen) atoms. The molecular weight excluding hydrogens is 296 g/mol. The highest BCUT2D eigenvalue weighted by molar-refractivity contribution is 5.84. The molecule has 0 atom stereocenters. The summed E-state index contributed by atoms with van der Waals surface area (Å²) in [6.07, 6.45) is 1.72. The fraction of sp³-hybridized carbons (Fsp3) is 0.118. The van der Waals surface area contributed by atoms with Crippen LogP contribution in [0.3, 0.4) is 0 Å². The molecule has 0 N–H and O–H groups in total. The monoisotopic (exact) mass is 310 g/mol. The first-order valence-electron chi connectivity index (χ1n) is 7.08. The molecule has 0 radical (unpaired) electrons. The Hall–Kier alpha value is -3.15. The topological polar surface area (TPSA) is 74.5 Å². The summed E-state index contributed by atoms with van der Waals surface area (Å²) in [5, 5.41) is 11.7. The Balaban J connectivity index is 1.59. The number of pyridine rings is 1. The number of nitro benzene ring substituents is 1. The van der Waals surface area contributed by atoms with Crippen molar-refractivity contribution in [1.82, 2.24) is 4.98 Å². The Kier molecular flexibility index (Phi) is 4.33. The number of non-ortho nitro benzene ring substituents is 1. The lowest BCUT2D eigenvalue weighted by molar-refractivity contribution is -0.384. The van der Waals surface area contributed by atoms with Crippen LogP contribution in [0.25, 0.3) is 10.9 Å². The minimum atomic E-state index is -0.453. The number of benzene rings is 2. The first-order valence-corrected chi connectivity index (χ1v) is 7.08. The third kappa shape index (κ3) is 3.55. The SMILES string of the molecule is O=[N+]([O-])c1cccc(OCCOc2cccc3cccnc23)c1. The molecule has 3 aromatic rings. The van der Waals surface area contributed by atoms with E-state index in [0.29, 0.717) is 18.1 Å². The van der Waals surface area contributed by atoms with Crippen LogP contribution >= 0.6 is 0 Å². The summed E-state index contributed by atoms with van der Waals surface area (Å²) in [7, 11) is 0. The smallest absolute Gasteiger partial charge is 0.273 e. The van der Waals surface area contributed by atoms with E-state index >= 15 is 0 Å². The number of nitrogens with zero attached hydrogens (tertiary/aromatic N) is 2. The second kappa shape index (κ2) is 6.74. The van der Waals surface area contributed by atoms with Gasteiger partial charge in [0.1, 0.15) is 30.2 Å². The van der Waals surface area contributed by atoms with Crippen LogP contribution in [0, 0.1) is 10.1 Å². The summed E-state index contributed by atoms with van der Waals surface area (Å²) >= 11 is 0. The number of hydrogen-bond donors (Lipinski definition) is 0. The average molecular weight is 310 g/mol. The van der Waals surface area contributed by atoms with E-state index in [1.807, 2.05) is 30.3 Å². The Morgan fingerprint density at radius 2 is 1.78 bits per heavy atom. The van der Waals surface area contributed by atoms with Crippen LogP contribution in [-0.2, 0) is 0 Å². The first kappa shape index (κ1) is 14.8.